The maximum atomic E-state index is 12.7. The second-order valence-corrected chi connectivity index (χ2v) is 6.54. The van der Waals surface area contributed by atoms with E-state index in [0.717, 1.165) is 0 Å². The first-order chi connectivity index (χ1) is 14.3. The van der Waals surface area contributed by atoms with Gasteiger partial charge in [-0.15, -0.1) is 0 Å². The van der Waals surface area contributed by atoms with Crippen molar-refractivity contribution in [2.24, 2.45) is 11.7 Å². The smallest absolute Gasteiger partial charge is 0.340 e. The zero-order valence-corrected chi connectivity index (χ0v) is 16.7. The van der Waals surface area contributed by atoms with Crippen molar-refractivity contribution < 1.29 is 28.2 Å². The molecule has 0 unspecified atom stereocenters. The summed E-state index contributed by atoms with van der Waals surface area (Å²) in [6.07, 6.45) is 0. The number of hydrogen-bond donors (Lipinski definition) is 1. The van der Waals surface area contributed by atoms with E-state index in [9.17, 15) is 19.6 Å². The van der Waals surface area contributed by atoms with Gasteiger partial charge in [-0.25, -0.2) is 9.59 Å². The fourth-order valence-electron chi connectivity index (χ4n) is 3.51. The summed E-state index contributed by atoms with van der Waals surface area (Å²) < 4.78 is 21.1. The average Bonchev–Trinajstić information content (AvgIpc) is 2.68. The molecular weight excluding hydrogens is 392 g/mol. The van der Waals surface area contributed by atoms with Gasteiger partial charge in [0.2, 0.25) is 5.88 Å². The number of ether oxygens (including phenoxy) is 3. The molecule has 0 fully saturated rings. The van der Waals surface area contributed by atoms with Crippen molar-refractivity contribution in [3.63, 3.8) is 0 Å². The van der Waals surface area contributed by atoms with Crippen LogP contribution in [-0.2, 0) is 19.1 Å². The Morgan fingerprint density at radius 3 is 2.60 bits per heavy atom. The first kappa shape index (κ1) is 20.9. The summed E-state index contributed by atoms with van der Waals surface area (Å²) in [6, 6.07) is 6.45. The van der Waals surface area contributed by atoms with E-state index in [1.54, 1.807) is 32.9 Å². The van der Waals surface area contributed by atoms with Gasteiger partial charge in [0.05, 0.1) is 25.2 Å². The zero-order chi connectivity index (χ0) is 22.0. The van der Waals surface area contributed by atoms with Gasteiger partial charge in [-0.1, -0.05) is 0 Å². The maximum absolute atomic E-state index is 12.7. The lowest BCUT2D eigenvalue weighted by Gasteiger charge is -2.30. The second kappa shape index (κ2) is 8.29. The van der Waals surface area contributed by atoms with Crippen molar-refractivity contribution >= 4 is 22.9 Å². The third kappa shape index (κ3) is 3.48. The molecule has 0 aliphatic carbocycles. The highest BCUT2D eigenvalue weighted by molar-refractivity contribution is 5.97. The Labute approximate surface area is 171 Å². The Bertz CT molecular complexity index is 1160. The van der Waals surface area contributed by atoms with Crippen LogP contribution in [0.2, 0.25) is 0 Å². The van der Waals surface area contributed by atoms with Crippen molar-refractivity contribution in [2.75, 3.05) is 13.2 Å². The van der Waals surface area contributed by atoms with Gasteiger partial charge in [0.1, 0.15) is 16.9 Å². The van der Waals surface area contributed by atoms with E-state index in [2.05, 4.69) is 0 Å². The first-order valence-corrected chi connectivity index (χ1v) is 9.32. The summed E-state index contributed by atoms with van der Waals surface area (Å²) in [6.45, 7) is 4.99. The number of carbonyl (C=O) groups is 2. The first-order valence-electron chi connectivity index (χ1n) is 9.32. The van der Waals surface area contributed by atoms with Gasteiger partial charge in [-0.3, -0.25) is 4.79 Å². The van der Waals surface area contributed by atoms with Crippen LogP contribution < -0.4 is 16.1 Å². The molecule has 0 spiro atoms. The summed E-state index contributed by atoms with van der Waals surface area (Å²) in [4.78, 5) is 37.4. The number of nitrogens with zero attached hydrogens (tertiary/aromatic N) is 1. The Morgan fingerprint density at radius 1 is 1.27 bits per heavy atom. The Balaban J connectivity index is 2.37. The van der Waals surface area contributed by atoms with Gasteiger partial charge < -0.3 is 24.4 Å². The molecule has 2 atom stereocenters. The second-order valence-electron chi connectivity index (χ2n) is 6.54. The minimum atomic E-state index is -1.46. The molecular formula is C21H20N2O7. The van der Waals surface area contributed by atoms with Crippen LogP contribution in [-0.4, -0.2) is 25.2 Å². The fraction of sp³-hybridized carbons (Fsp3) is 0.333. The molecule has 2 aromatic rings. The highest BCUT2D eigenvalue weighted by atomic mass is 16.5. The molecule has 2 heterocycles. The molecule has 156 valence electrons. The van der Waals surface area contributed by atoms with Gasteiger partial charge in [0.15, 0.2) is 5.92 Å². The van der Waals surface area contributed by atoms with Crippen LogP contribution in [0.1, 0.15) is 30.9 Å². The van der Waals surface area contributed by atoms with Crippen LogP contribution in [0, 0.1) is 24.2 Å². The lowest BCUT2D eigenvalue weighted by Crippen LogP contribution is -2.34. The highest BCUT2D eigenvalue weighted by Gasteiger charge is 2.45. The van der Waals surface area contributed by atoms with Gasteiger partial charge in [0.25, 0.3) is 0 Å². The lowest BCUT2D eigenvalue weighted by atomic mass is 9.78. The largest absolute Gasteiger partial charge is 0.465 e. The molecule has 30 heavy (non-hydrogen) atoms. The molecule has 0 amide bonds. The molecule has 2 N–H and O–H groups in total. The minimum Gasteiger partial charge on any atom is -0.465 e. The predicted octanol–water partition coefficient (Wildman–Crippen LogP) is 2.01. The van der Waals surface area contributed by atoms with Crippen molar-refractivity contribution in [1.29, 1.82) is 5.26 Å². The number of nitriles is 1. The van der Waals surface area contributed by atoms with Crippen LogP contribution >= 0.6 is 0 Å². The quantitative estimate of drug-likeness (QED) is 0.576. The topological polar surface area (TPSA) is 142 Å². The van der Waals surface area contributed by atoms with Crippen molar-refractivity contribution in [3.8, 4) is 11.8 Å². The molecule has 9 heteroatoms. The Kier molecular flexibility index (Phi) is 5.78. The monoisotopic (exact) mass is 412 g/mol. The van der Waals surface area contributed by atoms with Gasteiger partial charge in [-0.05, 0) is 38.5 Å². The summed E-state index contributed by atoms with van der Waals surface area (Å²) in [5.74, 6) is -4.50. The summed E-state index contributed by atoms with van der Waals surface area (Å²) in [7, 11) is 0. The van der Waals surface area contributed by atoms with E-state index in [1.165, 1.54) is 6.07 Å². The third-order valence-corrected chi connectivity index (χ3v) is 4.73. The van der Waals surface area contributed by atoms with Gasteiger partial charge in [0, 0.05) is 17.0 Å². The number of rotatable bonds is 5. The van der Waals surface area contributed by atoms with Crippen LogP contribution in [0.15, 0.2) is 38.9 Å². The summed E-state index contributed by atoms with van der Waals surface area (Å²) in [5.41, 5.74) is 6.06. The van der Waals surface area contributed by atoms with Gasteiger partial charge in [-0.2, -0.15) is 5.26 Å². The molecule has 1 aliphatic rings. The predicted molar refractivity (Wildman–Crippen MR) is 104 cm³/mol. The molecule has 3 rings (SSSR count). The van der Waals surface area contributed by atoms with Crippen molar-refractivity contribution in [2.45, 2.75) is 26.7 Å². The summed E-state index contributed by atoms with van der Waals surface area (Å²) >= 11 is 0. The molecule has 1 aliphatic heterocycles. The molecule has 1 aromatic carbocycles. The SMILES string of the molecule is CCOC(=O)C1=C(N)Oc2ccc3c(C)cc(=O)oc3c2[C@H]1[C@@H](C#N)C(=O)OCC. The molecule has 0 saturated heterocycles. The molecule has 1 aromatic heterocycles. The van der Waals surface area contributed by atoms with E-state index in [4.69, 9.17) is 24.4 Å². The molecule has 9 nitrogen and oxygen atoms in total. The number of benzene rings is 1. The van der Waals surface area contributed by atoms with E-state index in [0.29, 0.717) is 10.9 Å². The van der Waals surface area contributed by atoms with Crippen LogP contribution in [0.25, 0.3) is 11.0 Å². The highest BCUT2D eigenvalue weighted by Crippen LogP contribution is 2.46. The Morgan fingerprint density at radius 2 is 1.97 bits per heavy atom. The molecule has 0 bridgehead atoms. The van der Waals surface area contributed by atoms with Gasteiger partial charge >= 0.3 is 17.6 Å². The van der Waals surface area contributed by atoms with E-state index >= 15 is 0 Å². The lowest BCUT2D eigenvalue weighted by molar-refractivity contribution is -0.146. The van der Waals surface area contributed by atoms with E-state index in [-0.39, 0.29) is 41.6 Å². The molecule has 0 radical (unpaired) electrons. The standard InChI is InChI=1S/C21H20N2O7/c1-4-27-20(25)12(9-22)15-16-13(29-19(23)17(15)21(26)28-5-2)7-6-11-10(3)8-14(24)30-18(11)16/h6-8,12,15H,4-5,23H2,1-3H3/t12-,15-/m1/s1. The van der Waals surface area contributed by atoms with Crippen LogP contribution in [0.5, 0.6) is 5.75 Å². The summed E-state index contributed by atoms with van der Waals surface area (Å²) in [5, 5.41) is 10.4. The normalized spacial score (nSPS) is 16.3. The molecule has 0 saturated carbocycles. The minimum absolute atomic E-state index is 0.0325. The zero-order valence-electron chi connectivity index (χ0n) is 16.7. The maximum Gasteiger partial charge on any atom is 0.340 e. The number of carbonyl (C=O) groups excluding carboxylic acids is 2. The van der Waals surface area contributed by atoms with Crippen molar-refractivity contribution in [3.05, 3.63) is 51.2 Å². The van der Waals surface area contributed by atoms with Crippen molar-refractivity contribution in [1.82, 2.24) is 0 Å². The van der Waals surface area contributed by atoms with E-state index in [1.807, 2.05) is 6.07 Å². The number of fused-ring (bicyclic) bond motifs is 3. The van der Waals surface area contributed by atoms with E-state index < -0.39 is 29.4 Å². The van der Waals surface area contributed by atoms with Crippen LogP contribution in [0.3, 0.4) is 0 Å². The van der Waals surface area contributed by atoms with Crippen LogP contribution in [0.4, 0.5) is 0 Å². The third-order valence-electron chi connectivity index (χ3n) is 4.73. The number of esters is 2. The number of aryl methyl sites for hydroxylation is 1. The Hall–Kier alpha value is -3.80. The number of hydrogen-bond acceptors (Lipinski definition) is 9. The average molecular weight is 412 g/mol. The fourth-order valence-corrected chi connectivity index (χ4v) is 3.51. The number of nitrogens with two attached hydrogens (primary N) is 1.